The molecule has 2 heterocycles. The monoisotopic (exact) mass is 319 g/mol. The number of hydrogen-bond donors (Lipinski definition) is 1. The van der Waals surface area contributed by atoms with Crippen LogP contribution in [0.3, 0.4) is 0 Å². The van der Waals surface area contributed by atoms with Crippen molar-refractivity contribution in [2.45, 2.75) is 6.54 Å². The quantitative estimate of drug-likeness (QED) is 0.736. The zero-order valence-electron chi connectivity index (χ0n) is 9.84. The first-order valence-electron chi connectivity index (χ1n) is 5.64. The van der Waals surface area contributed by atoms with Gasteiger partial charge in [-0.25, -0.2) is 9.78 Å². The fourth-order valence-corrected chi connectivity index (χ4v) is 2.32. The highest BCUT2D eigenvalue weighted by Gasteiger charge is 2.12. The average Bonchev–Trinajstić information content (AvgIpc) is 2.72. The minimum absolute atomic E-state index is 0.356. The number of pyridine rings is 1. The molecule has 2 N–H and O–H groups in total. The number of anilines is 1. The van der Waals surface area contributed by atoms with Crippen LogP contribution in [0.15, 0.2) is 50.2 Å². The van der Waals surface area contributed by atoms with Crippen molar-refractivity contribution in [1.29, 1.82) is 0 Å². The Morgan fingerprint density at radius 2 is 2.16 bits per heavy atom. The molecule has 2 aromatic heterocycles. The summed E-state index contributed by atoms with van der Waals surface area (Å²) in [4.78, 5) is 16.0. The molecule has 0 atom stereocenters. The minimum atomic E-state index is -0.428. The minimum Gasteiger partial charge on any atom is -0.406 e. The number of oxazole rings is 1. The molecule has 0 aliphatic carbocycles. The predicted molar refractivity (Wildman–Crippen MR) is 75.9 cm³/mol. The van der Waals surface area contributed by atoms with Gasteiger partial charge in [-0.2, -0.15) is 0 Å². The molecule has 0 aliphatic heterocycles. The van der Waals surface area contributed by atoms with Crippen molar-refractivity contribution in [3.63, 3.8) is 0 Å². The number of hydrogen-bond acceptors (Lipinski definition) is 4. The van der Waals surface area contributed by atoms with E-state index in [4.69, 9.17) is 10.2 Å². The van der Waals surface area contributed by atoms with Crippen LogP contribution in [0.1, 0.15) is 5.56 Å². The van der Waals surface area contributed by atoms with Gasteiger partial charge < -0.3 is 10.2 Å². The lowest BCUT2D eigenvalue weighted by atomic mass is 10.2. The molecule has 3 rings (SSSR count). The van der Waals surface area contributed by atoms with Crippen LogP contribution in [0.25, 0.3) is 11.2 Å². The van der Waals surface area contributed by atoms with E-state index in [1.54, 1.807) is 24.4 Å². The van der Waals surface area contributed by atoms with Crippen LogP contribution in [0.2, 0.25) is 0 Å². The van der Waals surface area contributed by atoms with Gasteiger partial charge in [-0.05, 0) is 39.7 Å². The summed E-state index contributed by atoms with van der Waals surface area (Å²) < 4.78 is 7.41. The van der Waals surface area contributed by atoms with E-state index in [2.05, 4.69) is 20.9 Å². The fourth-order valence-electron chi connectivity index (χ4n) is 1.93. The van der Waals surface area contributed by atoms with Crippen molar-refractivity contribution in [3.8, 4) is 0 Å². The number of halogens is 1. The Hall–Kier alpha value is -2.08. The zero-order valence-corrected chi connectivity index (χ0v) is 11.4. The molecule has 0 fully saturated rings. The van der Waals surface area contributed by atoms with Crippen LogP contribution in [-0.4, -0.2) is 9.55 Å². The molecule has 6 heteroatoms. The van der Waals surface area contributed by atoms with Crippen molar-refractivity contribution in [3.05, 3.63) is 57.1 Å². The van der Waals surface area contributed by atoms with Crippen LogP contribution in [0.4, 0.5) is 5.69 Å². The van der Waals surface area contributed by atoms with Crippen molar-refractivity contribution < 1.29 is 4.42 Å². The molecule has 0 unspecified atom stereocenters. The van der Waals surface area contributed by atoms with Crippen molar-refractivity contribution in [2.24, 2.45) is 0 Å². The molecule has 0 saturated carbocycles. The lowest BCUT2D eigenvalue weighted by molar-refractivity contribution is 0.517. The fraction of sp³-hybridized carbons (Fsp3) is 0.0769. The highest BCUT2D eigenvalue weighted by atomic mass is 79.9. The van der Waals surface area contributed by atoms with E-state index in [-0.39, 0.29) is 0 Å². The molecular formula is C13H10BrN3O2. The van der Waals surface area contributed by atoms with E-state index in [1.807, 2.05) is 12.1 Å². The third kappa shape index (κ3) is 2.04. The molecular weight excluding hydrogens is 310 g/mol. The largest absolute Gasteiger partial charge is 0.421 e. The highest BCUT2D eigenvalue weighted by Crippen LogP contribution is 2.24. The number of nitrogen functional groups attached to an aromatic ring is 1. The Morgan fingerprint density at radius 1 is 1.32 bits per heavy atom. The number of nitrogens with zero attached hydrogens (tertiary/aromatic N) is 2. The van der Waals surface area contributed by atoms with Gasteiger partial charge in [0.25, 0.3) is 0 Å². The molecule has 96 valence electrons. The van der Waals surface area contributed by atoms with Crippen LogP contribution in [-0.2, 0) is 6.54 Å². The lowest BCUT2D eigenvalue weighted by Gasteiger charge is -2.06. The van der Waals surface area contributed by atoms with Gasteiger partial charge in [0.05, 0.1) is 6.54 Å². The maximum atomic E-state index is 11.8. The van der Waals surface area contributed by atoms with E-state index in [0.29, 0.717) is 23.5 Å². The van der Waals surface area contributed by atoms with Gasteiger partial charge in [0.2, 0.25) is 0 Å². The van der Waals surface area contributed by atoms with Crippen molar-refractivity contribution in [2.75, 3.05) is 5.73 Å². The maximum Gasteiger partial charge on any atom is 0.421 e. The van der Waals surface area contributed by atoms with Crippen molar-refractivity contribution in [1.82, 2.24) is 9.55 Å². The van der Waals surface area contributed by atoms with Crippen LogP contribution in [0, 0.1) is 0 Å². The van der Waals surface area contributed by atoms with Gasteiger partial charge in [-0.1, -0.05) is 12.1 Å². The van der Waals surface area contributed by atoms with Crippen LogP contribution >= 0.6 is 15.9 Å². The zero-order chi connectivity index (χ0) is 13.4. The summed E-state index contributed by atoms with van der Waals surface area (Å²) in [6, 6.07) is 8.98. The third-order valence-electron chi connectivity index (χ3n) is 2.86. The molecule has 0 spiro atoms. The Balaban J connectivity index is 2.13. The first-order chi connectivity index (χ1) is 9.16. The van der Waals surface area contributed by atoms with Crippen LogP contribution < -0.4 is 11.5 Å². The summed E-state index contributed by atoms with van der Waals surface area (Å²) in [7, 11) is 0. The number of fused-ring (bicyclic) bond motifs is 1. The van der Waals surface area contributed by atoms with Gasteiger partial charge in [0, 0.05) is 16.4 Å². The summed E-state index contributed by atoms with van der Waals surface area (Å²) in [5, 5.41) is 0. The summed E-state index contributed by atoms with van der Waals surface area (Å²) >= 11 is 3.42. The van der Waals surface area contributed by atoms with Gasteiger partial charge in [-0.15, -0.1) is 0 Å². The number of nitrogens with two attached hydrogens (primary N) is 1. The van der Waals surface area contributed by atoms with E-state index in [1.165, 1.54) is 4.57 Å². The molecule has 0 aliphatic rings. The number of benzene rings is 1. The maximum absolute atomic E-state index is 11.8. The first-order valence-corrected chi connectivity index (χ1v) is 6.43. The standard InChI is InChI=1S/C13H10BrN3O2/c14-11-8(3-1-4-9(11)15)7-17-12-10(19-13(17)18)5-2-6-16-12/h1-6H,7,15H2. The van der Waals surface area contributed by atoms with Crippen LogP contribution in [0.5, 0.6) is 0 Å². The average molecular weight is 320 g/mol. The van der Waals surface area contributed by atoms with Gasteiger partial charge >= 0.3 is 5.76 Å². The van der Waals surface area contributed by atoms with Gasteiger partial charge in [0.15, 0.2) is 11.2 Å². The summed E-state index contributed by atoms with van der Waals surface area (Å²) in [6.07, 6.45) is 1.63. The van der Waals surface area contributed by atoms with Gasteiger partial charge in [0.1, 0.15) is 0 Å². The lowest BCUT2D eigenvalue weighted by Crippen LogP contribution is -2.15. The topological polar surface area (TPSA) is 74.0 Å². The van der Waals surface area contributed by atoms with E-state index in [0.717, 1.165) is 10.0 Å². The Labute approximate surface area is 116 Å². The highest BCUT2D eigenvalue weighted by molar-refractivity contribution is 9.10. The second kappa shape index (κ2) is 4.55. The van der Waals surface area contributed by atoms with E-state index < -0.39 is 5.76 Å². The summed E-state index contributed by atoms with van der Waals surface area (Å²) in [5.41, 5.74) is 8.37. The normalized spacial score (nSPS) is 11.0. The predicted octanol–water partition coefficient (Wildman–Crippen LogP) is 2.38. The second-order valence-corrected chi connectivity index (χ2v) is 4.89. The van der Waals surface area contributed by atoms with Gasteiger partial charge in [-0.3, -0.25) is 4.57 Å². The molecule has 1 aromatic carbocycles. The molecule has 19 heavy (non-hydrogen) atoms. The summed E-state index contributed by atoms with van der Waals surface area (Å²) in [5.74, 6) is -0.428. The third-order valence-corrected chi connectivity index (χ3v) is 3.83. The molecule has 0 saturated heterocycles. The Kier molecular flexibility index (Phi) is 2.87. The molecule has 0 radical (unpaired) electrons. The number of rotatable bonds is 2. The van der Waals surface area contributed by atoms with E-state index >= 15 is 0 Å². The molecule has 5 nitrogen and oxygen atoms in total. The Morgan fingerprint density at radius 3 is 3.00 bits per heavy atom. The molecule has 3 aromatic rings. The SMILES string of the molecule is Nc1cccc(Cn2c(=O)oc3cccnc32)c1Br. The second-order valence-electron chi connectivity index (χ2n) is 4.10. The van der Waals surface area contributed by atoms with Crippen molar-refractivity contribution >= 4 is 32.8 Å². The molecule has 0 amide bonds. The first kappa shape index (κ1) is 12.0. The van der Waals surface area contributed by atoms with E-state index in [9.17, 15) is 4.79 Å². The summed E-state index contributed by atoms with van der Waals surface area (Å²) in [6.45, 7) is 0.356. The smallest absolute Gasteiger partial charge is 0.406 e. The Bertz CT molecular complexity index is 807. The molecule has 0 bridgehead atoms. The number of aromatic nitrogens is 2.